The number of aromatic nitrogens is 2. The molecule has 2 aromatic heterocycles. The summed E-state index contributed by atoms with van der Waals surface area (Å²) in [6, 6.07) is 3.44. The van der Waals surface area contributed by atoms with Gasteiger partial charge in [-0.25, -0.2) is 4.98 Å². The lowest BCUT2D eigenvalue weighted by molar-refractivity contribution is -0.117. The number of anilines is 1. The minimum atomic E-state index is -3.14. The van der Waals surface area contributed by atoms with Crippen molar-refractivity contribution in [1.29, 1.82) is 0 Å². The van der Waals surface area contributed by atoms with Gasteiger partial charge in [-0.3, -0.25) is 9.78 Å². The smallest absolute Gasteiger partial charge is 0.289 e. The number of rotatable bonds is 5. The van der Waals surface area contributed by atoms with E-state index in [1.807, 2.05) is 0 Å². The van der Waals surface area contributed by atoms with Crippen LogP contribution in [-0.4, -0.2) is 28.7 Å². The van der Waals surface area contributed by atoms with E-state index in [0.717, 1.165) is 18.3 Å². The van der Waals surface area contributed by atoms with E-state index in [1.54, 1.807) is 24.5 Å². The molecule has 1 amide bonds. The Balaban J connectivity index is 2.48. The third kappa shape index (κ3) is 3.61. The molecule has 0 spiro atoms. The van der Waals surface area contributed by atoms with Crippen LogP contribution in [0, 0.1) is 0 Å². The van der Waals surface area contributed by atoms with Gasteiger partial charge in [-0.1, -0.05) is 11.3 Å². The lowest BCUT2D eigenvalue weighted by Gasteiger charge is -2.18. The molecule has 0 aliphatic carbocycles. The Morgan fingerprint density at radius 3 is 2.77 bits per heavy atom. The van der Waals surface area contributed by atoms with E-state index in [-0.39, 0.29) is 17.3 Å². The first kappa shape index (κ1) is 16.8. The summed E-state index contributed by atoms with van der Waals surface area (Å²) in [5.74, 6) is -3.06. The highest BCUT2D eigenvalue weighted by Gasteiger charge is 2.34. The highest BCUT2D eigenvalue weighted by Crippen LogP contribution is 2.41. The van der Waals surface area contributed by atoms with Gasteiger partial charge in [-0.15, -0.1) is 0 Å². The predicted molar refractivity (Wildman–Crippen MR) is 86.8 cm³/mol. The number of thiazole rings is 1. The van der Waals surface area contributed by atoms with E-state index < -0.39 is 11.6 Å². The number of thiol groups is 1. The van der Waals surface area contributed by atoms with Gasteiger partial charge in [0.25, 0.3) is 5.92 Å². The minimum absolute atomic E-state index is 0.151. The number of halogens is 2. The van der Waals surface area contributed by atoms with Gasteiger partial charge in [-0.05, 0) is 17.9 Å². The van der Waals surface area contributed by atoms with Gasteiger partial charge in [0.1, 0.15) is 15.7 Å². The Morgan fingerprint density at radius 2 is 2.23 bits per heavy atom. The molecule has 0 aliphatic rings. The first-order valence-electron chi connectivity index (χ1n) is 6.51. The summed E-state index contributed by atoms with van der Waals surface area (Å²) in [7, 11) is 1.47. The fourth-order valence-electron chi connectivity index (χ4n) is 1.81. The van der Waals surface area contributed by atoms with Crippen LogP contribution in [0.2, 0.25) is 0 Å². The maximum atomic E-state index is 13.8. The Hall–Kier alpha value is -1.54. The summed E-state index contributed by atoms with van der Waals surface area (Å²) in [5, 5.41) is 0.559. The third-order valence-corrected chi connectivity index (χ3v) is 4.34. The van der Waals surface area contributed by atoms with Crippen LogP contribution < -0.4 is 4.90 Å². The number of carbonyl (C=O) groups is 1. The van der Waals surface area contributed by atoms with E-state index in [4.69, 9.17) is 0 Å². The normalized spacial score (nSPS) is 11.5. The van der Waals surface area contributed by atoms with Gasteiger partial charge < -0.3 is 4.90 Å². The van der Waals surface area contributed by atoms with Crippen LogP contribution in [0.3, 0.4) is 0 Å². The molecule has 0 saturated carbocycles. The van der Waals surface area contributed by atoms with Crippen LogP contribution in [0.15, 0.2) is 24.5 Å². The van der Waals surface area contributed by atoms with Crippen molar-refractivity contribution in [3.05, 3.63) is 30.2 Å². The molecule has 0 N–H and O–H groups in total. The van der Waals surface area contributed by atoms with Crippen LogP contribution in [0.4, 0.5) is 13.8 Å². The molecule has 2 heterocycles. The topological polar surface area (TPSA) is 46.1 Å². The molecule has 8 heteroatoms. The van der Waals surface area contributed by atoms with Gasteiger partial charge in [0.15, 0.2) is 0 Å². The quantitative estimate of drug-likeness (QED) is 0.844. The van der Waals surface area contributed by atoms with Crippen molar-refractivity contribution in [2.75, 3.05) is 17.7 Å². The first-order valence-corrected chi connectivity index (χ1v) is 7.96. The van der Waals surface area contributed by atoms with Crippen molar-refractivity contribution in [3.8, 4) is 10.6 Å². The van der Waals surface area contributed by atoms with Crippen LogP contribution in [0.1, 0.15) is 19.0 Å². The Labute approximate surface area is 136 Å². The monoisotopic (exact) mass is 343 g/mol. The number of hydrogen-bond donors (Lipinski definition) is 1. The van der Waals surface area contributed by atoms with Crippen molar-refractivity contribution >= 4 is 34.9 Å². The molecule has 118 valence electrons. The maximum Gasteiger partial charge on any atom is 0.289 e. The molecule has 0 aromatic carbocycles. The number of hydrogen-bond acceptors (Lipinski definition) is 5. The average molecular weight is 343 g/mol. The fraction of sp³-hybridized carbons (Fsp3) is 0.357. The lowest BCUT2D eigenvalue weighted by atomic mass is 10.2. The molecule has 22 heavy (non-hydrogen) atoms. The zero-order valence-electron chi connectivity index (χ0n) is 12.1. The van der Waals surface area contributed by atoms with E-state index >= 15 is 0 Å². The second-order valence-electron chi connectivity index (χ2n) is 4.73. The zero-order valence-corrected chi connectivity index (χ0v) is 13.8. The number of pyridine rings is 1. The summed E-state index contributed by atoms with van der Waals surface area (Å²) in [6.45, 7) is 0.773. The molecule has 0 bridgehead atoms. The predicted octanol–water partition coefficient (Wildman–Crippen LogP) is 3.60. The van der Waals surface area contributed by atoms with Crippen LogP contribution in [0.25, 0.3) is 10.6 Å². The molecular formula is C14H15F2N3OS2. The molecule has 0 saturated heterocycles. The molecule has 0 radical (unpaired) electrons. The highest BCUT2D eigenvalue weighted by molar-refractivity contribution is 7.80. The highest BCUT2D eigenvalue weighted by atomic mass is 32.1. The molecule has 2 aromatic rings. The lowest BCUT2D eigenvalue weighted by Crippen LogP contribution is -2.27. The van der Waals surface area contributed by atoms with Crippen molar-refractivity contribution in [3.63, 3.8) is 0 Å². The summed E-state index contributed by atoms with van der Waals surface area (Å²) >= 11 is 5.05. The number of nitrogens with zero attached hydrogens (tertiary/aromatic N) is 3. The van der Waals surface area contributed by atoms with Crippen LogP contribution in [0.5, 0.6) is 0 Å². The Kier molecular flexibility index (Phi) is 5.12. The zero-order chi connectivity index (χ0) is 16.3. The molecule has 0 atom stereocenters. The molecule has 0 fully saturated rings. The van der Waals surface area contributed by atoms with Crippen LogP contribution in [-0.2, 0) is 10.7 Å². The van der Waals surface area contributed by atoms with E-state index in [1.165, 1.54) is 11.9 Å². The third-order valence-electron chi connectivity index (χ3n) is 2.94. The number of alkyl halides is 2. The number of carbonyl (C=O) groups excluding carboxylic acids is 1. The van der Waals surface area contributed by atoms with Crippen molar-refractivity contribution < 1.29 is 13.6 Å². The van der Waals surface area contributed by atoms with Crippen LogP contribution >= 0.6 is 24.0 Å². The summed E-state index contributed by atoms with van der Waals surface area (Å²) in [4.78, 5) is 21.2. The Bertz CT molecular complexity index is 656. The summed E-state index contributed by atoms with van der Waals surface area (Å²) in [6.07, 6.45) is 3.32. The molecule has 4 nitrogen and oxygen atoms in total. The fourth-order valence-corrected chi connectivity index (χ4v) is 3.12. The summed E-state index contributed by atoms with van der Waals surface area (Å²) < 4.78 is 27.7. The van der Waals surface area contributed by atoms with Gasteiger partial charge in [0.05, 0.1) is 0 Å². The van der Waals surface area contributed by atoms with Gasteiger partial charge in [0, 0.05) is 38.3 Å². The SMILES string of the molecule is CN(C(=O)CCS)c1sc(-c2cccnc2)nc1C(C)(F)F. The van der Waals surface area contributed by atoms with Gasteiger partial charge in [-0.2, -0.15) is 21.4 Å². The van der Waals surface area contributed by atoms with E-state index in [2.05, 4.69) is 22.6 Å². The molecule has 0 aliphatic heterocycles. The van der Waals surface area contributed by atoms with Crippen molar-refractivity contribution in [1.82, 2.24) is 9.97 Å². The van der Waals surface area contributed by atoms with E-state index in [0.29, 0.717) is 16.3 Å². The summed E-state index contributed by atoms with van der Waals surface area (Å²) in [5.41, 5.74) is 0.241. The number of amides is 1. The molecule has 0 unspecified atom stereocenters. The van der Waals surface area contributed by atoms with E-state index in [9.17, 15) is 13.6 Å². The second-order valence-corrected chi connectivity index (χ2v) is 6.15. The standard InChI is InChI=1S/C14H15F2N3OS2/c1-14(15,16)11-13(19(2)10(20)5-7-21)22-12(18-11)9-4-3-6-17-8-9/h3-4,6,8,21H,5,7H2,1-2H3. The Morgan fingerprint density at radius 1 is 1.50 bits per heavy atom. The van der Waals surface area contributed by atoms with Gasteiger partial charge in [0.2, 0.25) is 5.91 Å². The average Bonchev–Trinajstić information content (AvgIpc) is 2.93. The molecule has 2 rings (SSSR count). The minimum Gasteiger partial charge on any atom is -0.305 e. The first-order chi connectivity index (χ1) is 10.3. The molecular weight excluding hydrogens is 328 g/mol. The van der Waals surface area contributed by atoms with Gasteiger partial charge >= 0.3 is 0 Å². The second kappa shape index (κ2) is 6.70. The van der Waals surface area contributed by atoms with Crippen molar-refractivity contribution in [2.24, 2.45) is 0 Å². The largest absolute Gasteiger partial charge is 0.305 e. The van der Waals surface area contributed by atoms with Crippen molar-refractivity contribution in [2.45, 2.75) is 19.3 Å². The maximum absolute atomic E-state index is 13.8.